The summed E-state index contributed by atoms with van der Waals surface area (Å²) in [4.78, 5) is 11.8. The second-order valence-corrected chi connectivity index (χ2v) is 5.74. The second kappa shape index (κ2) is 7.03. The van der Waals surface area contributed by atoms with Crippen LogP contribution in [0.3, 0.4) is 0 Å². The van der Waals surface area contributed by atoms with Gasteiger partial charge in [-0.05, 0) is 56.6 Å². The van der Waals surface area contributed by atoms with Crippen LogP contribution in [0.2, 0.25) is 0 Å². The Bertz CT molecular complexity index is 425. The molecular formula is C14H19BrN2O2. The molecule has 1 aromatic carbocycles. The van der Waals surface area contributed by atoms with Gasteiger partial charge in [-0.25, -0.2) is 0 Å². The Kier molecular flexibility index (Phi) is 5.36. The van der Waals surface area contributed by atoms with E-state index in [-0.39, 0.29) is 18.6 Å². The molecule has 0 bridgehead atoms. The number of halogens is 1. The fraction of sp³-hybridized carbons (Fsp3) is 0.500. The standard InChI is InChI=1S/C14H19BrN2O2/c1-10-6-11(15)8-12(7-10)17-14(18)9-19-13-2-4-16-5-3-13/h6-8,13,16H,2-5,9H2,1H3,(H,17,18). The van der Waals surface area contributed by atoms with Gasteiger partial charge in [0.1, 0.15) is 6.61 Å². The number of amides is 1. The number of rotatable bonds is 4. The molecule has 5 heteroatoms. The van der Waals surface area contributed by atoms with Crippen LogP contribution in [0.25, 0.3) is 0 Å². The fourth-order valence-electron chi connectivity index (χ4n) is 2.16. The summed E-state index contributed by atoms with van der Waals surface area (Å²) in [5, 5.41) is 6.12. The zero-order valence-electron chi connectivity index (χ0n) is 11.0. The van der Waals surface area contributed by atoms with Crippen LogP contribution in [0.1, 0.15) is 18.4 Å². The van der Waals surface area contributed by atoms with Gasteiger partial charge in [-0.2, -0.15) is 0 Å². The van der Waals surface area contributed by atoms with E-state index in [2.05, 4.69) is 26.6 Å². The Morgan fingerprint density at radius 3 is 2.84 bits per heavy atom. The maximum atomic E-state index is 11.8. The lowest BCUT2D eigenvalue weighted by Gasteiger charge is -2.22. The van der Waals surface area contributed by atoms with Crippen molar-refractivity contribution in [3.05, 3.63) is 28.2 Å². The molecule has 2 rings (SSSR count). The maximum absolute atomic E-state index is 11.8. The third kappa shape index (κ3) is 4.93. The predicted octanol–water partition coefficient (Wildman–Crippen LogP) is 2.46. The molecule has 104 valence electrons. The van der Waals surface area contributed by atoms with Crippen molar-refractivity contribution >= 4 is 27.5 Å². The smallest absolute Gasteiger partial charge is 0.250 e. The van der Waals surface area contributed by atoms with E-state index in [1.54, 1.807) is 0 Å². The largest absolute Gasteiger partial charge is 0.368 e. The first-order valence-electron chi connectivity index (χ1n) is 6.53. The topological polar surface area (TPSA) is 50.4 Å². The molecule has 1 aromatic rings. The van der Waals surface area contributed by atoms with Gasteiger partial charge in [-0.15, -0.1) is 0 Å². The number of nitrogens with one attached hydrogen (secondary N) is 2. The number of carbonyl (C=O) groups excluding carboxylic acids is 1. The first-order chi connectivity index (χ1) is 9.13. The van der Waals surface area contributed by atoms with E-state index in [0.29, 0.717) is 0 Å². The van der Waals surface area contributed by atoms with Crippen molar-refractivity contribution in [2.24, 2.45) is 0 Å². The maximum Gasteiger partial charge on any atom is 0.250 e. The van der Waals surface area contributed by atoms with Crippen molar-refractivity contribution in [3.8, 4) is 0 Å². The first kappa shape index (κ1) is 14.5. The average Bonchev–Trinajstić information content (AvgIpc) is 2.36. The minimum Gasteiger partial charge on any atom is -0.368 e. The Labute approximate surface area is 122 Å². The molecular weight excluding hydrogens is 308 g/mol. The van der Waals surface area contributed by atoms with E-state index in [1.807, 2.05) is 25.1 Å². The molecule has 19 heavy (non-hydrogen) atoms. The summed E-state index contributed by atoms with van der Waals surface area (Å²) in [7, 11) is 0. The summed E-state index contributed by atoms with van der Waals surface area (Å²) in [5.74, 6) is -0.101. The number of anilines is 1. The minimum absolute atomic E-state index is 0.101. The summed E-state index contributed by atoms with van der Waals surface area (Å²) in [6.45, 7) is 4.05. The van der Waals surface area contributed by atoms with Gasteiger partial charge in [0.2, 0.25) is 5.91 Å². The Morgan fingerprint density at radius 2 is 2.16 bits per heavy atom. The summed E-state index contributed by atoms with van der Waals surface area (Å²) in [6, 6.07) is 5.82. The van der Waals surface area contributed by atoms with Gasteiger partial charge in [-0.3, -0.25) is 4.79 Å². The minimum atomic E-state index is -0.101. The molecule has 0 saturated carbocycles. The second-order valence-electron chi connectivity index (χ2n) is 4.83. The number of ether oxygens (including phenoxy) is 1. The monoisotopic (exact) mass is 326 g/mol. The molecule has 0 spiro atoms. The fourth-order valence-corrected chi connectivity index (χ4v) is 2.77. The molecule has 4 nitrogen and oxygen atoms in total. The number of hydrogen-bond donors (Lipinski definition) is 2. The van der Waals surface area contributed by atoms with Crippen molar-refractivity contribution < 1.29 is 9.53 Å². The van der Waals surface area contributed by atoms with Gasteiger partial charge in [0.25, 0.3) is 0 Å². The van der Waals surface area contributed by atoms with E-state index >= 15 is 0 Å². The molecule has 0 atom stereocenters. The van der Waals surface area contributed by atoms with Crippen molar-refractivity contribution in [1.82, 2.24) is 5.32 Å². The third-order valence-corrected chi connectivity index (χ3v) is 3.52. The van der Waals surface area contributed by atoms with Gasteiger partial charge in [-0.1, -0.05) is 15.9 Å². The van der Waals surface area contributed by atoms with E-state index in [9.17, 15) is 4.79 Å². The van der Waals surface area contributed by atoms with Crippen LogP contribution in [0.4, 0.5) is 5.69 Å². The Balaban J connectivity index is 1.80. The highest BCUT2D eigenvalue weighted by atomic mass is 79.9. The molecule has 1 aliphatic heterocycles. The van der Waals surface area contributed by atoms with Gasteiger partial charge >= 0.3 is 0 Å². The van der Waals surface area contributed by atoms with E-state index in [4.69, 9.17) is 4.74 Å². The number of hydrogen-bond acceptors (Lipinski definition) is 3. The quantitative estimate of drug-likeness (QED) is 0.893. The van der Waals surface area contributed by atoms with E-state index < -0.39 is 0 Å². The van der Waals surface area contributed by atoms with Crippen LogP contribution in [0.15, 0.2) is 22.7 Å². The number of benzene rings is 1. The lowest BCUT2D eigenvalue weighted by molar-refractivity contribution is -0.123. The van der Waals surface area contributed by atoms with Gasteiger partial charge in [0, 0.05) is 10.2 Å². The SMILES string of the molecule is Cc1cc(Br)cc(NC(=O)COC2CCNCC2)c1. The number of aryl methyl sites for hydroxylation is 1. The molecule has 0 aliphatic carbocycles. The van der Waals surface area contributed by atoms with Gasteiger partial charge in [0.15, 0.2) is 0 Å². The molecule has 1 heterocycles. The molecule has 1 aliphatic rings. The molecule has 1 saturated heterocycles. The highest BCUT2D eigenvalue weighted by Gasteiger charge is 2.14. The summed E-state index contributed by atoms with van der Waals surface area (Å²) in [5.41, 5.74) is 1.90. The van der Waals surface area contributed by atoms with E-state index in [1.165, 1.54) is 0 Å². The predicted molar refractivity (Wildman–Crippen MR) is 79.4 cm³/mol. The molecule has 1 fully saturated rings. The van der Waals surface area contributed by atoms with Gasteiger partial charge in [0.05, 0.1) is 6.10 Å². The van der Waals surface area contributed by atoms with Crippen molar-refractivity contribution in [2.75, 3.05) is 25.0 Å². The van der Waals surface area contributed by atoms with Crippen LogP contribution < -0.4 is 10.6 Å². The van der Waals surface area contributed by atoms with E-state index in [0.717, 1.165) is 41.7 Å². The average molecular weight is 327 g/mol. The first-order valence-corrected chi connectivity index (χ1v) is 7.32. The summed E-state index contributed by atoms with van der Waals surface area (Å²) >= 11 is 3.41. The van der Waals surface area contributed by atoms with Crippen molar-refractivity contribution in [1.29, 1.82) is 0 Å². The van der Waals surface area contributed by atoms with Crippen LogP contribution in [0.5, 0.6) is 0 Å². The normalized spacial score (nSPS) is 16.3. The lowest BCUT2D eigenvalue weighted by atomic mass is 10.1. The molecule has 1 amide bonds. The molecule has 0 unspecified atom stereocenters. The lowest BCUT2D eigenvalue weighted by Crippen LogP contribution is -2.34. The van der Waals surface area contributed by atoms with Crippen LogP contribution >= 0.6 is 15.9 Å². The van der Waals surface area contributed by atoms with Gasteiger partial charge < -0.3 is 15.4 Å². The molecule has 0 aromatic heterocycles. The van der Waals surface area contributed by atoms with Crippen molar-refractivity contribution in [2.45, 2.75) is 25.9 Å². The zero-order valence-corrected chi connectivity index (χ0v) is 12.6. The number of carbonyl (C=O) groups is 1. The van der Waals surface area contributed by atoms with Crippen LogP contribution in [0, 0.1) is 6.92 Å². The van der Waals surface area contributed by atoms with Crippen LogP contribution in [-0.4, -0.2) is 31.7 Å². The highest BCUT2D eigenvalue weighted by molar-refractivity contribution is 9.10. The van der Waals surface area contributed by atoms with Crippen molar-refractivity contribution in [3.63, 3.8) is 0 Å². The third-order valence-electron chi connectivity index (χ3n) is 3.06. The molecule has 0 radical (unpaired) electrons. The Hall–Kier alpha value is -0.910. The van der Waals surface area contributed by atoms with Crippen LogP contribution in [-0.2, 0) is 9.53 Å². The molecule has 2 N–H and O–H groups in total. The summed E-state index contributed by atoms with van der Waals surface area (Å²) in [6.07, 6.45) is 2.16. The highest BCUT2D eigenvalue weighted by Crippen LogP contribution is 2.19. The zero-order chi connectivity index (χ0) is 13.7. The summed E-state index contributed by atoms with van der Waals surface area (Å²) < 4.78 is 6.57. The Morgan fingerprint density at radius 1 is 1.42 bits per heavy atom. The number of piperidine rings is 1.